The number of hydrazine groups is 1. The first-order valence-corrected chi connectivity index (χ1v) is 5.31. The van der Waals surface area contributed by atoms with Gasteiger partial charge in [0.15, 0.2) is 0 Å². The molecule has 1 unspecified atom stereocenters. The summed E-state index contributed by atoms with van der Waals surface area (Å²) in [5, 5.41) is 3.21. The largest absolute Gasteiger partial charge is 0.464 e. The number of nitrogens with one attached hydrogen (secondary N) is 2. The summed E-state index contributed by atoms with van der Waals surface area (Å²) in [7, 11) is 0. The molecule has 0 fully saturated rings. The van der Waals surface area contributed by atoms with Crippen LogP contribution in [-0.4, -0.2) is 9.97 Å². The van der Waals surface area contributed by atoms with E-state index in [0.717, 1.165) is 11.5 Å². The number of nitrogens with two attached hydrogens (primary N) is 1. The van der Waals surface area contributed by atoms with E-state index in [1.165, 1.54) is 0 Å². The van der Waals surface area contributed by atoms with Crippen molar-refractivity contribution in [3.05, 3.63) is 35.9 Å². The molecule has 4 N–H and O–H groups in total. The number of nitrogen functional groups attached to an aromatic ring is 1. The summed E-state index contributed by atoms with van der Waals surface area (Å²) >= 11 is 0. The molecule has 0 radical (unpaired) electrons. The summed E-state index contributed by atoms with van der Waals surface area (Å²) in [5.74, 6) is 8.06. The highest BCUT2D eigenvalue weighted by Gasteiger charge is 2.10. The second-order valence-corrected chi connectivity index (χ2v) is 3.72. The van der Waals surface area contributed by atoms with Gasteiger partial charge in [-0.15, -0.1) is 0 Å². The van der Waals surface area contributed by atoms with Crippen LogP contribution in [0.3, 0.4) is 0 Å². The number of aromatic nitrogens is 2. The zero-order chi connectivity index (χ0) is 12.3. The lowest BCUT2D eigenvalue weighted by molar-refractivity contribution is 0.466. The molecular formula is C11H15N5O. The average molecular weight is 233 g/mol. The molecule has 17 heavy (non-hydrogen) atoms. The minimum Gasteiger partial charge on any atom is -0.464 e. The van der Waals surface area contributed by atoms with Gasteiger partial charge in [-0.25, -0.2) is 10.8 Å². The van der Waals surface area contributed by atoms with E-state index < -0.39 is 0 Å². The maximum absolute atomic E-state index is 5.53. The molecule has 6 heteroatoms. The van der Waals surface area contributed by atoms with Crippen LogP contribution in [0.2, 0.25) is 0 Å². The Balaban J connectivity index is 2.09. The van der Waals surface area contributed by atoms with Crippen LogP contribution in [-0.2, 0) is 0 Å². The fourth-order valence-electron chi connectivity index (χ4n) is 1.49. The molecule has 2 aromatic heterocycles. The molecule has 0 amide bonds. The number of rotatable bonds is 4. The van der Waals surface area contributed by atoms with Gasteiger partial charge in [0.25, 0.3) is 0 Å². The van der Waals surface area contributed by atoms with E-state index in [4.69, 9.17) is 10.3 Å². The summed E-state index contributed by atoms with van der Waals surface area (Å²) < 4.78 is 5.53. The molecule has 0 saturated heterocycles. The molecule has 90 valence electrons. The Bertz CT molecular complexity index is 496. The second-order valence-electron chi connectivity index (χ2n) is 3.72. The Morgan fingerprint density at radius 3 is 2.82 bits per heavy atom. The molecule has 0 aromatic carbocycles. The first-order valence-electron chi connectivity index (χ1n) is 5.31. The van der Waals surface area contributed by atoms with Gasteiger partial charge in [-0.2, -0.15) is 4.98 Å². The summed E-state index contributed by atoms with van der Waals surface area (Å²) in [4.78, 5) is 8.09. The number of hydrogen-bond acceptors (Lipinski definition) is 6. The zero-order valence-corrected chi connectivity index (χ0v) is 9.77. The van der Waals surface area contributed by atoms with Crippen molar-refractivity contribution in [2.24, 2.45) is 5.84 Å². The zero-order valence-electron chi connectivity index (χ0n) is 9.77. The van der Waals surface area contributed by atoms with Crippen molar-refractivity contribution in [3.8, 4) is 0 Å². The lowest BCUT2D eigenvalue weighted by Crippen LogP contribution is -2.12. The van der Waals surface area contributed by atoms with Gasteiger partial charge >= 0.3 is 0 Å². The van der Waals surface area contributed by atoms with Crippen LogP contribution in [0.15, 0.2) is 28.8 Å². The first-order chi connectivity index (χ1) is 8.19. The van der Waals surface area contributed by atoms with Gasteiger partial charge in [0.1, 0.15) is 17.3 Å². The SMILES string of the molecule is Cc1ccc(C(C)Nc2ccnc(NN)n2)o1. The molecule has 2 aromatic rings. The standard InChI is InChI=1S/C11H15N5O/c1-7-3-4-9(17-7)8(2)14-10-5-6-13-11(15-10)16-12/h3-6,8H,12H2,1-2H3,(H2,13,14,15,16). The van der Waals surface area contributed by atoms with Gasteiger partial charge in [0, 0.05) is 6.20 Å². The molecule has 0 aliphatic rings. The van der Waals surface area contributed by atoms with E-state index in [0.29, 0.717) is 11.8 Å². The van der Waals surface area contributed by atoms with Crippen LogP contribution in [0.4, 0.5) is 11.8 Å². The van der Waals surface area contributed by atoms with Crippen LogP contribution in [0, 0.1) is 6.92 Å². The highest BCUT2D eigenvalue weighted by atomic mass is 16.3. The third-order valence-corrected chi connectivity index (χ3v) is 2.34. The summed E-state index contributed by atoms with van der Waals surface area (Å²) in [5.41, 5.74) is 2.40. The predicted octanol–water partition coefficient (Wildman–Crippen LogP) is 1.84. The number of nitrogens with zero attached hydrogens (tertiary/aromatic N) is 2. The van der Waals surface area contributed by atoms with Crippen molar-refractivity contribution in [3.63, 3.8) is 0 Å². The normalized spacial score (nSPS) is 12.2. The molecule has 0 bridgehead atoms. The van der Waals surface area contributed by atoms with Crippen molar-refractivity contribution in [2.45, 2.75) is 19.9 Å². The topological polar surface area (TPSA) is 89.0 Å². The Hall–Kier alpha value is -2.08. The van der Waals surface area contributed by atoms with E-state index in [9.17, 15) is 0 Å². The quantitative estimate of drug-likeness (QED) is 0.551. The van der Waals surface area contributed by atoms with Crippen LogP contribution >= 0.6 is 0 Å². The Labute approximate surface area is 99.2 Å². The smallest absolute Gasteiger partial charge is 0.239 e. The molecular weight excluding hydrogens is 218 g/mol. The van der Waals surface area contributed by atoms with Crippen LogP contribution in [0.5, 0.6) is 0 Å². The Morgan fingerprint density at radius 1 is 1.35 bits per heavy atom. The van der Waals surface area contributed by atoms with E-state index in [1.807, 2.05) is 26.0 Å². The molecule has 2 rings (SSSR count). The molecule has 0 saturated carbocycles. The first kappa shape index (κ1) is 11.4. The average Bonchev–Trinajstić information content (AvgIpc) is 2.76. The van der Waals surface area contributed by atoms with E-state index in [-0.39, 0.29) is 6.04 Å². The van der Waals surface area contributed by atoms with Gasteiger partial charge in [-0.05, 0) is 32.0 Å². The highest BCUT2D eigenvalue weighted by Crippen LogP contribution is 2.19. The third-order valence-electron chi connectivity index (χ3n) is 2.34. The van der Waals surface area contributed by atoms with Crippen molar-refractivity contribution < 1.29 is 4.42 Å². The molecule has 0 aliphatic carbocycles. The summed E-state index contributed by atoms with van der Waals surface area (Å²) in [6.07, 6.45) is 1.63. The van der Waals surface area contributed by atoms with E-state index in [1.54, 1.807) is 12.3 Å². The molecule has 1 atom stereocenters. The fourth-order valence-corrected chi connectivity index (χ4v) is 1.49. The van der Waals surface area contributed by atoms with E-state index >= 15 is 0 Å². The minimum atomic E-state index is 0.0317. The van der Waals surface area contributed by atoms with Gasteiger partial charge in [-0.3, -0.25) is 5.43 Å². The monoisotopic (exact) mass is 233 g/mol. The van der Waals surface area contributed by atoms with Gasteiger partial charge in [0.05, 0.1) is 6.04 Å². The summed E-state index contributed by atoms with van der Waals surface area (Å²) in [6, 6.07) is 5.67. The maximum atomic E-state index is 5.53. The number of aryl methyl sites for hydroxylation is 1. The summed E-state index contributed by atoms with van der Waals surface area (Å²) in [6.45, 7) is 3.91. The Kier molecular flexibility index (Phi) is 3.24. The minimum absolute atomic E-state index is 0.0317. The predicted molar refractivity (Wildman–Crippen MR) is 65.3 cm³/mol. The van der Waals surface area contributed by atoms with Crippen molar-refractivity contribution in [2.75, 3.05) is 10.7 Å². The van der Waals surface area contributed by atoms with Gasteiger partial charge < -0.3 is 9.73 Å². The maximum Gasteiger partial charge on any atom is 0.239 e. The lowest BCUT2D eigenvalue weighted by atomic mass is 10.2. The van der Waals surface area contributed by atoms with Crippen LogP contribution in [0.1, 0.15) is 24.5 Å². The van der Waals surface area contributed by atoms with Gasteiger partial charge in [-0.1, -0.05) is 0 Å². The number of hydrogen-bond donors (Lipinski definition) is 3. The second kappa shape index (κ2) is 4.84. The fraction of sp³-hybridized carbons (Fsp3) is 0.273. The van der Waals surface area contributed by atoms with Crippen molar-refractivity contribution in [1.29, 1.82) is 0 Å². The molecule has 0 aliphatic heterocycles. The van der Waals surface area contributed by atoms with Crippen LogP contribution in [0.25, 0.3) is 0 Å². The molecule has 6 nitrogen and oxygen atoms in total. The van der Waals surface area contributed by atoms with Crippen molar-refractivity contribution >= 4 is 11.8 Å². The Morgan fingerprint density at radius 2 is 2.18 bits per heavy atom. The highest BCUT2D eigenvalue weighted by molar-refractivity contribution is 5.40. The molecule has 2 heterocycles. The van der Waals surface area contributed by atoms with Crippen LogP contribution < -0.4 is 16.6 Å². The number of anilines is 2. The van der Waals surface area contributed by atoms with Crippen molar-refractivity contribution in [1.82, 2.24) is 9.97 Å². The number of furan rings is 1. The third kappa shape index (κ3) is 2.73. The van der Waals surface area contributed by atoms with Gasteiger partial charge in [0.2, 0.25) is 5.95 Å². The van der Waals surface area contributed by atoms with E-state index in [2.05, 4.69) is 20.7 Å². The lowest BCUT2D eigenvalue weighted by Gasteiger charge is -2.12. The molecule has 0 spiro atoms.